The number of methoxy groups -OCH3 is 1. The second-order valence-corrected chi connectivity index (χ2v) is 2.33. The predicted molar refractivity (Wildman–Crippen MR) is 47.9 cm³/mol. The average Bonchev–Trinajstić information content (AvgIpc) is 2.16. The summed E-state index contributed by atoms with van der Waals surface area (Å²) in [5, 5.41) is 0. The van der Waals surface area contributed by atoms with Crippen LogP contribution in [-0.4, -0.2) is 20.7 Å². The molecule has 0 amide bonds. The summed E-state index contributed by atoms with van der Waals surface area (Å²) in [6, 6.07) is 7.04. The van der Waals surface area contributed by atoms with Gasteiger partial charge in [-0.05, 0) is 18.5 Å². The molecule has 0 bridgehead atoms. The molecule has 0 aliphatic carbocycles. The van der Waals surface area contributed by atoms with Crippen LogP contribution in [0.25, 0.3) is 0 Å². The summed E-state index contributed by atoms with van der Waals surface area (Å²) >= 11 is 0. The van der Waals surface area contributed by atoms with Gasteiger partial charge in [0.1, 0.15) is 5.75 Å². The van der Waals surface area contributed by atoms with Gasteiger partial charge < -0.3 is 4.74 Å². The average molecular weight is 160 g/mol. The van der Waals surface area contributed by atoms with Gasteiger partial charge in [0, 0.05) is 0 Å². The van der Waals surface area contributed by atoms with Crippen LogP contribution in [0, 0.1) is 0 Å². The number of carbonyl (C=O) groups is 1. The minimum Gasteiger partial charge on any atom is -0.496 e. The van der Waals surface area contributed by atoms with E-state index in [1.54, 1.807) is 18.2 Å². The van der Waals surface area contributed by atoms with Crippen LogP contribution in [-0.2, 0) is 0 Å². The molecule has 0 saturated heterocycles. The van der Waals surface area contributed by atoms with Gasteiger partial charge in [-0.25, -0.2) is 0 Å². The molecule has 0 aliphatic rings. The lowest BCUT2D eigenvalue weighted by molar-refractivity contribution is 0.101. The van der Waals surface area contributed by atoms with Gasteiger partial charge in [0.2, 0.25) is 0 Å². The molecular weight excluding hydrogens is 151 g/mol. The molecule has 0 heterocycles. The van der Waals surface area contributed by atoms with Crippen molar-refractivity contribution in [2.75, 3.05) is 7.11 Å². The molecule has 0 fully saturated rings. The van der Waals surface area contributed by atoms with E-state index in [9.17, 15) is 4.79 Å². The first-order valence-electron chi connectivity index (χ1n) is 3.66. The largest absolute Gasteiger partial charge is 0.496 e. The maximum Gasteiger partial charge on any atom is 0.158 e. The highest BCUT2D eigenvalue weighted by molar-refractivity contribution is 6.24. The molecule has 1 aromatic rings. The Hall–Kier alpha value is -1.25. The number of hydrogen-bond donors (Lipinski definition) is 0. The first-order chi connectivity index (χ1) is 5.79. The molecule has 1 rings (SSSR count). The Balaban J connectivity index is 3.04. The van der Waals surface area contributed by atoms with E-state index in [4.69, 9.17) is 12.6 Å². The van der Waals surface area contributed by atoms with Crippen molar-refractivity contribution in [1.29, 1.82) is 0 Å². The van der Waals surface area contributed by atoms with E-state index in [0.717, 1.165) is 0 Å². The Morgan fingerprint density at radius 2 is 2.17 bits per heavy atom. The quantitative estimate of drug-likeness (QED) is 0.494. The number of Topliss-reactive ketones (excluding diaryl/α,β-unsaturated/α-hetero) is 1. The molecule has 0 atom stereocenters. The van der Waals surface area contributed by atoms with Crippen LogP contribution in [0.2, 0.25) is 6.32 Å². The molecule has 0 spiro atoms. The fraction of sp³-hybridized carbons (Fsp3) is 0.222. The lowest BCUT2D eigenvalue weighted by Gasteiger charge is -2.04. The zero-order valence-electron chi connectivity index (χ0n) is 6.91. The second kappa shape index (κ2) is 3.95. The highest BCUT2D eigenvalue weighted by atomic mass is 16.5. The van der Waals surface area contributed by atoms with Crippen LogP contribution in [0.4, 0.5) is 0 Å². The fourth-order valence-electron chi connectivity index (χ4n) is 0.985. The third kappa shape index (κ3) is 1.67. The van der Waals surface area contributed by atoms with Crippen LogP contribution in [0.1, 0.15) is 10.4 Å². The predicted octanol–water partition coefficient (Wildman–Crippen LogP) is 1.46. The summed E-state index contributed by atoms with van der Waals surface area (Å²) in [5.41, 5.74) is 0.544. The molecule has 0 unspecified atom stereocenters. The first kappa shape index (κ1) is 8.85. The Labute approximate surface area is 73.0 Å². The molecule has 60 valence electrons. The Kier molecular flexibility index (Phi) is 2.91. The van der Waals surface area contributed by atoms with Crippen LogP contribution >= 0.6 is 0 Å². The van der Waals surface area contributed by atoms with Crippen molar-refractivity contribution in [3.05, 3.63) is 29.8 Å². The number of hydrogen-bond acceptors (Lipinski definition) is 2. The fourth-order valence-corrected chi connectivity index (χ4v) is 0.985. The van der Waals surface area contributed by atoms with E-state index >= 15 is 0 Å². The molecule has 3 heteroatoms. The Bertz CT molecular complexity index is 284. The van der Waals surface area contributed by atoms with Crippen LogP contribution < -0.4 is 4.74 Å². The van der Waals surface area contributed by atoms with Gasteiger partial charge in [-0.3, -0.25) is 4.79 Å². The Morgan fingerprint density at radius 1 is 1.50 bits per heavy atom. The maximum atomic E-state index is 11.2. The van der Waals surface area contributed by atoms with E-state index in [1.165, 1.54) is 7.11 Å². The summed E-state index contributed by atoms with van der Waals surface area (Å²) in [5.74, 6) is 0.473. The number of ketones is 1. The van der Waals surface area contributed by atoms with Crippen molar-refractivity contribution in [2.24, 2.45) is 0 Å². The van der Waals surface area contributed by atoms with Crippen LogP contribution in [0.15, 0.2) is 24.3 Å². The van der Waals surface area contributed by atoms with Gasteiger partial charge in [-0.2, -0.15) is 0 Å². The van der Waals surface area contributed by atoms with E-state index < -0.39 is 0 Å². The molecule has 0 N–H and O–H groups in total. The van der Waals surface area contributed by atoms with Gasteiger partial charge in [0.05, 0.1) is 20.5 Å². The van der Waals surface area contributed by atoms with Gasteiger partial charge in [-0.1, -0.05) is 12.1 Å². The van der Waals surface area contributed by atoms with E-state index in [-0.39, 0.29) is 12.1 Å². The van der Waals surface area contributed by atoms with Crippen LogP contribution in [0.3, 0.4) is 0 Å². The third-order valence-electron chi connectivity index (χ3n) is 1.59. The molecule has 1 aromatic carbocycles. The van der Waals surface area contributed by atoms with E-state index in [1.807, 2.05) is 6.07 Å². The molecular formula is C9H9BO2. The number of benzene rings is 1. The van der Waals surface area contributed by atoms with E-state index in [2.05, 4.69) is 0 Å². The summed E-state index contributed by atoms with van der Waals surface area (Å²) in [7, 11) is 6.75. The summed E-state index contributed by atoms with van der Waals surface area (Å²) in [6.07, 6.45) is 0.0143. The minimum atomic E-state index is -0.104. The van der Waals surface area contributed by atoms with Crippen molar-refractivity contribution in [3.63, 3.8) is 0 Å². The molecule has 0 aliphatic heterocycles. The van der Waals surface area contributed by atoms with Crippen molar-refractivity contribution in [2.45, 2.75) is 6.32 Å². The number of rotatable bonds is 3. The number of ether oxygens (including phenoxy) is 1. The lowest BCUT2D eigenvalue weighted by atomic mass is 9.95. The standard InChI is InChI=1S/C9H9BO2/c1-12-9-5-3-2-4-7(9)8(11)6-10/h2-5H,6H2,1H3. The second-order valence-electron chi connectivity index (χ2n) is 2.33. The summed E-state index contributed by atoms with van der Waals surface area (Å²) in [6.45, 7) is 0. The highest BCUT2D eigenvalue weighted by Crippen LogP contribution is 2.18. The summed E-state index contributed by atoms with van der Waals surface area (Å²) < 4.78 is 4.99. The summed E-state index contributed by atoms with van der Waals surface area (Å²) in [4.78, 5) is 11.2. The molecule has 0 aromatic heterocycles. The third-order valence-corrected chi connectivity index (χ3v) is 1.59. The van der Waals surface area contributed by atoms with Gasteiger partial charge in [-0.15, -0.1) is 0 Å². The number of para-hydroxylation sites is 1. The first-order valence-corrected chi connectivity index (χ1v) is 3.66. The SMILES string of the molecule is [B]CC(=O)c1ccccc1OC. The van der Waals surface area contributed by atoms with E-state index in [0.29, 0.717) is 11.3 Å². The zero-order valence-corrected chi connectivity index (χ0v) is 6.91. The smallest absolute Gasteiger partial charge is 0.158 e. The molecule has 2 nitrogen and oxygen atoms in total. The van der Waals surface area contributed by atoms with Gasteiger partial charge in [0.25, 0.3) is 0 Å². The van der Waals surface area contributed by atoms with Crippen molar-refractivity contribution in [3.8, 4) is 5.75 Å². The monoisotopic (exact) mass is 160 g/mol. The minimum absolute atomic E-state index is 0.0143. The van der Waals surface area contributed by atoms with Crippen molar-refractivity contribution >= 4 is 13.6 Å². The zero-order chi connectivity index (χ0) is 8.97. The van der Waals surface area contributed by atoms with Crippen LogP contribution in [0.5, 0.6) is 5.75 Å². The topological polar surface area (TPSA) is 26.3 Å². The molecule has 2 radical (unpaired) electrons. The molecule has 0 saturated carbocycles. The Morgan fingerprint density at radius 3 is 2.75 bits per heavy atom. The van der Waals surface area contributed by atoms with Crippen molar-refractivity contribution < 1.29 is 9.53 Å². The van der Waals surface area contributed by atoms with Gasteiger partial charge >= 0.3 is 0 Å². The number of carbonyl (C=O) groups excluding carboxylic acids is 1. The highest BCUT2D eigenvalue weighted by Gasteiger charge is 2.07. The van der Waals surface area contributed by atoms with Crippen molar-refractivity contribution in [1.82, 2.24) is 0 Å². The lowest BCUT2D eigenvalue weighted by Crippen LogP contribution is -2.00. The maximum absolute atomic E-state index is 11.2. The molecule has 12 heavy (non-hydrogen) atoms. The van der Waals surface area contributed by atoms with Gasteiger partial charge in [0.15, 0.2) is 5.78 Å². The normalized spacial score (nSPS) is 9.42.